The standard InChI is InChI=1S/C42H57NO16/c1-20-24-25(45)29(46)40(10)22(44)17-23-41(19-54-23,59-35(51)53-11)27(40)30(56-31(47)21-15-13-12-14-16-21)42(52,38(24,7)8)18-39(20,9)57-32(48)26-28(37(5,6)33(49)55-26)43-34(50)58-36(2,3)4/h12-16,22-23,25-28,30,33,44-45,49,52H,17-19H2,1-11H3,(H,43,50)/t22-,23+,25+,26?,27?,28+,30-,33?,39+,40+,41-,42+/m0/s1. The van der Waals surface area contributed by atoms with E-state index in [1.807, 2.05) is 0 Å². The smallest absolute Gasteiger partial charge is 0.455 e. The highest BCUT2D eigenvalue weighted by Gasteiger charge is 2.79. The van der Waals surface area contributed by atoms with Crippen LogP contribution in [-0.4, -0.2) is 129 Å². The van der Waals surface area contributed by atoms with Crippen molar-refractivity contribution in [2.24, 2.45) is 22.2 Å². The van der Waals surface area contributed by atoms with Crippen LogP contribution in [0.4, 0.5) is 9.59 Å². The summed E-state index contributed by atoms with van der Waals surface area (Å²) in [5.41, 5.74) is -12.0. The van der Waals surface area contributed by atoms with E-state index >= 15 is 4.79 Å². The fourth-order valence-corrected chi connectivity index (χ4v) is 10.0. The molecule has 0 radical (unpaired) electrons. The Morgan fingerprint density at radius 1 is 0.949 bits per heavy atom. The Balaban J connectivity index is 1.53. The number of ketones is 1. The van der Waals surface area contributed by atoms with E-state index in [1.165, 1.54) is 46.8 Å². The molecule has 1 amide bonds. The molecule has 1 aromatic carbocycles. The minimum atomic E-state index is -2.41. The van der Waals surface area contributed by atoms with Gasteiger partial charge < -0.3 is 58.9 Å². The van der Waals surface area contributed by atoms with Crippen LogP contribution in [0.15, 0.2) is 41.5 Å². The van der Waals surface area contributed by atoms with Crippen molar-refractivity contribution in [3.05, 3.63) is 47.0 Å². The summed E-state index contributed by atoms with van der Waals surface area (Å²) >= 11 is 0. The molecule has 3 unspecified atom stereocenters. The van der Waals surface area contributed by atoms with Crippen LogP contribution in [0.5, 0.6) is 0 Å². The first kappa shape index (κ1) is 44.4. The minimum Gasteiger partial charge on any atom is -0.455 e. The van der Waals surface area contributed by atoms with Gasteiger partial charge in [0, 0.05) is 23.7 Å². The normalized spacial score (nSPS) is 39.5. The van der Waals surface area contributed by atoms with E-state index in [0.29, 0.717) is 0 Å². The number of rotatable bonds is 6. The molecule has 2 aliphatic heterocycles. The van der Waals surface area contributed by atoms with Gasteiger partial charge in [-0.2, -0.15) is 0 Å². The molecule has 5 N–H and O–H groups in total. The molecule has 5 aliphatic rings. The number of esters is 2. The van der Waals surface area contributed by atoms with Gasteiger partial charge >= 0.3 is 24.2 Å². The van der Waals surface area contributed by atoms with Crippen LogP contribution in [0, 0.1) is 22.2 Å². The monoisotopic (exact) mass is 831 g/mol. The third kappa shape index (κ3) is 6.81. The molecule has 2 saturated carbocycles. The number of carbonyl (C=O) groups excluding carboxylic acids is 5. The van der Waals surface area contributed by atoms with E-state index in [4.69, 9.17) is 33.2 Å². The second-order valence-electron chi connectivity index (χ2n) is 19.1. The number of carbonyl (C=O) groups is 5. The minimum absolute atomic E-state index is 0.0600. The summed E-state index contributed by atoms with van der Waals surface area (Å²) < 4.78 is 40.4. The Bertz CT molecular complexity index is 1920. The van der Waals surface area contributed by atoms with Crippen molar-refractivity contribution < 1.29 is 77.6 Å². The molecule has 3 aliphatic carbocycles. The molecule has 2 saturated heterocycles. The zero-order valence-corrected chi connectivity index (χ0v) is 35.3. The molecule has 0 spiro atoms. The molecular weight excluding hydrogens is 774 g/mol. The Kier molecular flexibility index (Phi) is 10.9. The Morgan fingerprint density at radius 2 is 1.58 bits per heavy atom. The van der Waals surface area contributed by atoms with Crippen LogP contribution in [0.2, 0.25) is 0 Å². The number of alkyl carbamates (subject to hydrolysis) is 1. The summed E-state index contributed by atoms with van der Waals surface area (Å²) in [4.78, 5) is 69.8. The van der Waals surface area contributed by atoms with Gasteiger partial charge in [-0.15, -0.1) is 0 Å². The van der Waals surface area contributed by atoms with Crippen molar-refractivity contribution in [2.45, 2.75) is 147 Å². The topological polar surface area (TPSA) is 243 Å². The lowest BCUT2D eigenvalue weighted by molar-refractivity contribution is -0.345. The number of nitrogens with one attached hydrogen (secondary N) is 1. The van der Waals surface area contributed by atoms with E-state index in [1.54, 1.807) is 52.8 Å². The van der Waals surface area contributed by atoms with Gasteiger partial charge in [0.05, 0.1) is 42.8 Å². The highest BCUT2D eigenvalue weighted by atomic mass is 16.8. The van der Waals surface area contributed by atoms with Gasteiger partial charge in [-0.05, 0) is 64.8 Å². The van der Waals surface area contributed by atoms with Crippen molar-refractivity contribution in [1.82, 2.24) is 5.32 Å². The Morgan fingerprint density at radius 3 is 2.14 bits per heavy atom. The molecule has 6 rings (SSSR count). The van der Waals surface area contributed by atoms with Crippen molar-refractivity contribution >= 4 is 30.0 Å². The number of aliphatic hydroxyl groups excluding tert-OH is 3. The molecule has 0 aromatic heterocycles. The largest absolute Gasteiger partial charge is 0.508 e. The van der Waals surface area contributed by atoms with E-state index in [-0.39, 0.29) is 29.7 Å². The predicted octanol–water partition coefficient (Wildman–Crippen LogP) is 2.88. The number of fused-ring (bicyclic) bond motifs is 5. The lowest BCUT2D eigenvalue weighted by Crippen LogP contribution is -2.82. The number of benzene rings is 1. The van der Waals surface area contributed by atoms with Crippen LogP contribution in [0.3, 0.4) is 0 Å². The zero-order chi connectivity index (χ0) is 44.1. The first-order chi connectivity index (χ1) is 27.1. The average molecular weight is 832 g/mol. The fraction of sp³-hybridized carbons (Fsp3) is 0.690. The predicted molar refractivity (Wildman–Crippen MR) is 203 cm³/mol. The Hall–Kier alpha value is -4.13. The second-order valence-corrected chi connectivity index (χ2v) is 19.1. The fourth-order valence-electron chi connectivity index (χ4n) is 10.0. The van der Waals surface area contributed by atoms with E-state index in [9.17, 15) is 39.6 Å². The summed E-state index contributed by atoms with van der Waals surface area (Å²) in [6, 6.07) is 6.61. The van der Waals surface area contributed by atoms with E-state index in [2.05, 4.69) is 5.32 Å². The highest BCUT2D eigenvalue weighted by molar-refractivity contribution is 5.94. The summed E-state index contributed by atoms with van der Waals surface area (Å²) in [7, 11) is 1.07. The average Bonchev–Trinajstić information content (AvgIpc) is 3.36. The highest BCUT2D eigenvalue weighted by Crippen LogP contribution is 2.65. The van der Waals surface area contributed by atoms with Crippen molar-refractivity contribution in [1.29, 1.82) is 0 Å². The van der Waals surface area contributed by atoms with Crippen LogP contribution in [-0.2, 0) is 42.7 Å². The number of hydrogen-bond acceptors (Lipinski definition) is 16. The zero-order valence-electron chi connectivity index (χ0n) is 35.3. The van der Waals surface area contributed by atoms with Crippen molar-refractivity contribution in [2.75, 3.05) is 13.7 Å². The quantitative estimate of drug-likeness (QED) is 0.157. The number of methoxy groups -OCH3 is 1. The molecule has 4 fully saturated rings. The molecule has 12 atom stereocenters. The van der Waals surface area contributed by atoms with Gasteiger partial charge in [0.2, 0.25) is 0 Å². The lowest BCUT2D eigenvalue weighted by Gasteiger charge is -2.67. The number of Topliss-reactive ketones (excluding diaryl/α,β-unsaturated/α-hetero) is 1. The summed E-state index contributed by atoms with van der Waals surface area (Å²) in [6.45, 7) is 15.1. The SMILES string of the molecule is COC(=O)O[C@@]12CO[C@@H]1C[C@H](O)[C@@]1(C)C(=O)[C@H](O)C3=C(C)[C@](C)(OC(=O)C4OC(O)C(C)(C)[C@@H]4NC(=O)OC(C)(C)C)C[C@@](O)([C@@H](OC(=O)c4ccccc4)C12)C3(C)C. The van der Waals surface area contributed by atoms with Crippen LogP contribution in [0.1, 0.15) is 92.4 Å². The second kappa shape index (κ2) is 14.5. The molecule has 59 heavy (non-hydrogen) atoms. The van der Waals surface area contributed by atoms with Crippen LogP contribution in [0.25, 0.3) is 0 Å². The van der Waals surface area contributed by atoms with Crippen molar-refractivity contribution in [3.8, 4) is 0 Å². The molecule has 326 valence electrons. The first-order valence-electron chi connectivity index (χ1n) is 19.7. The summed E-state index contributed by atoms with van der Waals surface area (Å²) in [5, 5.41) is 51.4. The molecule has 2 heterocycles. The maximum Gasteiger partial charge on any atom is 0.508 e. The van der Waals surface area contributed by atoms with E-state index in [0.717, 1.165) is 7.11 Å². The third-order valence-corrected chi connectivity index (χ3v) is 13.7. The number of ether oxygens (including phenoxy) is 7. The number of aliphatic hydroxyl groups is 4. The van der Waals surface area contributed by atoms with E-state index < -0.39 is 124 Å². The number of amides is 1. The third-order valence-electron chi connectivity index (χ3n) is 13.7. The lowest BCUT2D eigenvalue weighted by atomic mass is 9.44. The maximum absolute atomic E-state index is 15.1. The van der Waals surface area contributed by atoms with Crippen LogP contribution < -0.4 is 5.32 Å². The van der Waals surface area contributed by atoms with Gasteiger partial charge in [-0.1, -0.05) is 45.9 Å². The van der Waals surface area contributed by atoms with Crippen molar-refractivity contribution in [3.63, 3.8) is 0 Å². The molecule has 2 bridgehead atoms. The van der Waals surface area contributed by atoms with Gasteiger partial charge in [-0.3, -0.25) is 4.79 Å². The Labute approximate surface area is 342 Å². The van der Waals surface area contributed by atoms with Gasteiger partial charge in [0.15, 0.2) is 23.8 Å². The molecule has 17 nitrogen and oxygen atoms in total. The van der Waals surface area contributed by atoms with Gasteiger partial charge in [0.1, 0.15) is 35.1 Å². The first-order valence-corrected chi connectivity index (χ1v) is 19.7. The van der Waals surface area contributed by atoms with Gasteiger partial charge in [0.25, 0.3) is 0 Å². The molecule has 1 aromatic rings. The van der Waals surface area contributed by atoms with Crippen LogP contribution >= 0.6 is 0 Å². The molecular formula is C42H57NO16. The summed E-state index contributed by atoms with van der Waals surface area (Å²) in [5.74, 6) is -4.59. The summed E-state index contributed by atoms with van der Waals surface area (Å²) in [6.07, 6.45) is -12.6. The number of hydrogen-bond donors (Lipinski definition) is 5. The maximum atomic E-state index is 15.1. The van der Waals surface area contributed by atoms with Gasteiger partial charge in [-0.25, -0.2) is 19.2 Å². The molecule has 17 heteroatoms.